The van der Waals surface area contributed by atoms with Gasteiger partial charge in [-0.2, -0.15) is 0 Å². The molecule has 4 rings (SSSR count). The van der Waals surface area contributed by atoms with E-state index in [-0.39, 0.29) is 43.1 Å². The standard InChI is InChI=1S/C32H39N5O5/c1-23-36(30(39)22-35(3)37(23)32(41)33-21-26-12-16-28(42-4)17-13-26)29(20-25-10-14-27(38)15-11-25)31(40)34(2)19-18-24-8-6-5-7-9-24/h5-17,23,29,38H,18-22H2,1-4H3,(H,33,41)/t23-,29-/m0/s1. The Balaban J connectivity index is 1.54. The summed E-state index contributed by atoms with van der Waals surface area (Å²) in [5.74, 6) is 0.368. The van der Waals surface area contributed by atoms with E-state index in [1.165, 1.54) is 9.91 Å². The number of benzene rings is 3. The van der Waals surface area contributed by atoms with Crippen molar-refractivity contribution in [2.24, 2.45) is 0 Å². The Bertz CT molecular complexity index is 1350. The highest BCUT2D eigenvalue weighted by atomic mass is 16.5. The number of hydrogen-bond acceptors (Lipinski definition) is 6. The van der Waals surface area contributed by atoms with Crippen molar-refractivity contribution in [1.82, 2.24) is 25.1 Å². The van der Waals surface area contributed by atoms with E-state index in [1.807, 2.05) is 54.6 Å². The fourth-order valence-electron chi connectivity index (χ4n) is 5.19. The van der Waals surface area contributed by atoms with Crippen LogP contribution in [0.2, 0.25) is 0 Å². The topological polar surface area (TPSA) is 106 Å². The molecule has 0 spiro atoms. The van der Waals surface area contributed by atoms with E-state index in [0.717, 1.165) is 22.4 Å². The van der Waals surface area contributed by atoms with E-state index in [2.05, 4.69) is 5.32 Å². The molecular weight excluding hydrogens is 534 g/mol. The Morgan fingerprint density at radius 3 is 2.29 bits per heavy atom. The van der Waals surface area contributed by atoms with Crippen LogP contribution in [0.4, 0.5) is 4.79 Å². The van der Waals surface area contributed by atoms with Gasteiger partial charge in [-0.05, 0) is 54.3 Å². The minimum atomic E-state index is -0.858. The van der Waals surface area contributed by atoms with Crippen molar-refractivity contribution in [3.63, 3.8) is 0 Å². The van der Waals surface area contributed by atoms with Crippen molar-refractivity contribution in [3.8, 4) is 11.5 Å². The number of hydrogen-bond donors (Lipinski definition) is 2. The van der Waals surface area contributed by atoms with Gasteiger partial charge in [0, 0.05) is 33.6 Å². The maximum Gasteiger partial charge on any atom is 0.334 e. The molecule has 42 heavy (non-hydrogen) atoms. The number of methoxy groups -OCH3 is 1. The number of urea groups is 1. The van der Waals surface area contributed by atoms with Crippen LogP contribution in [0.15, 0.2) is 78.9 Å². The highest BCUT2D eigenvalue weighted by Crippen LogP contribution is 2.24. The Labute approximate surface area is 247 Å². The summed E-state index contributed by atoms with van der Waals surface area (Å²) in [6, 6.07) is 22.7. The molecular formula is C32H39N5O5. The van der Waals surface area contributed by atoms with E-state index >= 15 is 0 Å². The maximum atomic E-state index is 14.0. The third-order valence-electron chi connectivity index (χ3n) is 7.53. The fourth-order valence-corrected chi connectivity index (χ4v) is 5.19. The SMILES string of the molecule is COc1ccc(CNC(=O)N2[C@@H](C)N([C@@H](Cc3ccc(O)cc3)C(=O)N(C)CCc3ccccc3)C(=O)CN2C)cc1. The fraction of sp³-hybridized carbons (Fsp3) is 0.344. The van der Waals surface area contributed by atoms with Gasteiger partial charge in [0.2, 0.25) is 11.8 Å². The minimum Gasteiger partial charge on any atom is -0.508 e. The van der Waals surface area contributed by atoms with E-state index in [9.17, 15) is 19.5 Å². The first-order chi connectivity index (χ1) is 20.2. The second-order valence-corrected chi connectivity index (χ2v) is 10.5. The average molecular weight is 574 g/mol. The van der Waals surface area contributed by atoms with Gasteiger partial charge >= 0.3 is 6.03 Å². The molecule has 4 amide bonds. The van der Waals surface area contributed by atoms with Gasteiger partial charge < -0.3 is 25.0 Å². The molecule has 1 aliphatic heterocycles. The van der Waals surface area contributed by atoms with Gasteiger partial charge in [0.15, 0.2) is 0 Å². The van der Waals surface area contributed by atoms with Gasteiger partial charge in [-0.15, -0.1) is 0 Å². The van der Waals surface area contributed by atoms with E-state index in [1.54, 1.807) is 62.3 Å². The molecule has 0 unspecified atom stereocenters. The van der Waals surface area contributed by atoms with Crippen molar-refractivity contribution in [3.05, 3.63) is 95.6 Å². The molecule has 0 bridgehead atoms. The predicted molar refractivity (Wildman–Crippen MR) is 159 cm³/mol. The van der Waals surface area contributed by atoms with Crippen molar-refractivity contribution in [1.29, 1.82) is 0 Å². The van der Waals surface area contributed by atoms with Crippen LogP contribution in [0, 0.1) is 0 Å². The van der Waals surface area contributed by atoms with Crippen LogP contribution in [0.3, 0.4) is 0 Å². The lowest BCUT2D eigenvalue weighted by molar-refractivity contribution is -0.171. The first-order valence-electron chi connectivity index (χ1n) is 14.0. The summed E-state index contributed by atoms with van der Waals surface area (Å²) in [4.78, 5) is 44.1. The Kier molecular flexibility index (Phi) is 10.0. The molecule has 0 radical (unpaired) electrons. The van der Waals surface area contributed by atoms with Crippen molar-refractivity contribution in [2.75, 3.05) is 34.3 Å². The zero-order valence-corrected chi connectivity index (χ0v) is 24.6. The molecule has 10 nitrogen and oxygen atoms in total. The van der Waals surface area contributed by atoms with Gasteiger partial charge in [0.1, 0.15) is 23.7 Å². The van der Waals surface area contributed by atoms with Gasteiger partial charge in [-0.25, -0.2) is 14.8 Å². The number of ether oxygens (including phenoxy) is 1. The Morgan fingerprint density at radius 2 is 1.64 bits per heavy atom. The Hall–Kier alpha value is -4.57. The molecule has 0 aliphatic carbocycles. The number of hydrazine groups is 1. The summed E-state index contributed by atoms with van der Waals surface area (Å²) in [6.07, 6.45) is 0.164. The smallest absolute Gasteiger partial charge is 0.334 e. The first-order valence-corrected chi connectivity index (χ1v) is 14.0. The molecule has 0 saturated carbocycles. The van der Waals surface area contributed by atoms with Crippen LogP contribution in [-0.2, 0) is 29.0 Å². The Morgan fingerprint density at radius 1 is 1.00 bits per heavy atom. The van der Waals surface area contributed by atoms with Gasteiger partial charge in [0.25, 0.3) is 0 Å². The van der Waals surface area contributed by atoms with E-state index in [0.29, 0.717) is 13.0 Å². The summed E-state index contributed by atoms with van der Waals surface area (Å²) in [6.45, 7) is 2.44. The number of phenolic OH excluding ortho intramolecular Hbond substituents is 1. The summed E-state index contributed by atoms with van der Waals surface area (Å²) < 4.78 is 5.20. The molecule has 0 aromatic heterocycles. The summed E-state index contributed by atoms with van der Waals surface area (Å²) in [7, 11) is 5.01. The summed E-state index contributed by atoms with van der Waals surface area (Å²) in [5, 5.41) is 15.8. The quantitative estimate of drug-likeness (QED) is 0.386. The molecule has 10 heteroatoms. The zero-order chi connectivity index (χ0) is 30.2. The summed E-state index contributed by atoms with van der Waals surface area (Å²) in [5.41, 5.74) is 2.79. The number of rotatable bonds is 10. The molecule has 1 heterocycles. The van der Waals surface area contributed by atoms with Crippen molar-refractivity contribution in [2.45, 2.75) is 38.5 Å². The normalized spacial score (nSPS) is 16.2. The lowest BCUT2D eigenvalue weighted by Gasteiger charge is -2.49. The van der Waals surface area contributed by atoms with E-state index < -0.39 is 12.2 Å². The largest absolute Gasteiger partial charge is 0.508 e. The number of carbonyl (C=O) groups excluding carboxylic acids is 3. The monoisotopic (exact) mass is 573 g/mol. The molecule has 222 valence electrons. The highest BCUT2D eigenvalue weighted by molar-refractivity contribution is 5.90. The predicted octanol–water partition coefficient (Wildman–Crippen LogP) is 3.26. The van der Waals surface area contributed by atoms with Crippen LogP contribution < -0.4 is 10.1 Å². The van der Waals surface area contributed by atoms with E-state index in [4.69, 9.17) is 4.74 Å². The van der Waals surface area contributed by atoms with Crippen molar-refractivity contribution >= 4 is 17.8 Å². The van der Waals surface area contributed by atoms with Crippen LogP contribution >= 0.6 is 0 Å². The third-order valence-corrected chi connectivity index (χ3v) is 7.53. The number of aromatic hydroxyl groups is 1. The van der Waals surface area contributed by atoms with Gasteiger partial charge in [0.05, 0.1) is 13.7 Å². The van der Waals surface area contributed by atoms with Crippen LogP contribution in [0.25, 0.3) is 0 Å². The molecule has 3 aromatic rings. The maximum absolute atomic E-state index is 14.0. The molecule has 2 N–H and O–H groups in total. The molecule has 1 aliphatic rings. The number of phenols is 1. The molecule has 2 atom stereocenters. The van der Waals surface area contributed by atoms with Crippen LogP contribution in [0.5, 0.6) is 11.5 Å². The molecule has 1 fully saturated rings. The highest BCUT2D eigenvalue weighted by Gasteiger charge is 2.43. The summed E-state index contributed by atoms with van der Waals surface area (Å²) >= 11 is 0. The molecule has 1 saturated heterocycles. The zero-order valence-electron chi connectivity index (χ0n) is 24.6. The first kappa shape index (κ1) is 30.4. The second kappa shape index (κ2) is 13.9. The lowest BCUT2D eigenvalue weighted by Crippen LogP contribution is -2.70. The molecule has 3 aromatic carbocycles. The number of carbonyl (C=O) groups is 3. The second-order valence-electron chi connectivity index (χ2n) is 10.5. The number of nitrogens with zero attached hydrogens (tertiary/aromatic N) is 4. The minimum absolute atomic E-state index is 0.0621. The third kappa shape index (κ3) is 7.38. The van der Waals surface area contributed by atoms with Gasteiger partial charge in [-0.3, -0.25) is 9.59 Å². The van der Waals surface area contributed by atoms with Crippen LogP contribution in [0.1, 0.15) is 23.6 Å². The number of nitrogens with one attached hydrogen (secondary N) is 1. The number of likely N-dealkylation sites (N-methyl/N-ethyl adjacent to an activating group) is 2. The van der Waals surface area contributed by atoms with Crippen LogP contribution in [-0.4, -0.2) is 89.3 Å². The number of amides is 4. The van der Waals surface area contributed by atoms with Crippen molar-refractivity contribution < 1.29 is 24.2 Å². The van der Waals surface area contributed by atoms with Gasteiger partial charge in [-0.1, -0.05) is 54.6 Å². The lowest BCUT2D eigenvalue weighted by atomic mass is 10.0. The average Bonchev–Trinajstić information content (AvgIpc) is 2.99.